The van der Waals surface area contributed by atoms with Crippen molar-refractivity contribution in [3.05, 3.63) is 99.8 Å². The Morgan fingerprint density at radius 2 is 0.946 bits per heavy atom. The molecule has 2 saturated heterocycles. The Kier molecular flexibility index (Phi) is 23.6. The molecular formula is C27H34N2O6V2-2. The molecule has 0 bridgehead atoms. The van der Waals surface area contributed by atoms with E-state index in [-0.39, 0.29) is 57.9 Å². The van der Waals surface area contributed by atoms with E-state index in [0.717, 1.165) is 9.80 Å². The van der Waals surface area contributed by atoms with Crippen LogP contribution < -0.4 is 0 Å². The van der Waals surface area contributed by atoms with Gasteiger partial charge in [0.25, 0.3) is 29.0 Å². The van der Waals surface area contributed by atoms with Crippen LogP contribution in [-0.2, 0) is 65.8 Å². The zero-order chi connectivity index (χ0) is 24.9. The second-order valence-electron chi connectivity index (χ2n) is 6.65. The van der Waals surface area contributed by atoms with Crippen LogP contribution in [0.5, 0.6) is 0 Å². The topological polar surface area (TPSA) is 101 Å². The number of allylic oxidation sites excluding steroid dienone is 1. The van der Waals surface area contributed by atoms with Crippen molar-refractivity contribution in [3.63, 3.8) is 0 Å². The van der Waals surface area contributed by atoms with E-state index < -0.39 is 29.0 Å². The van der Waals surface area contributed by atoms with E-state index in [9.17, 15) is 24.0 Å². The van der Waals surface area contributed by atoms with Crippen molar-refractivity contribution in [1.29, 1.82) is 0 Å². The number of ether oxygens (including phenoxy) is 1. The molecule has 200 valence electrons. The summed E-state index contributed by atoms with van der Waals surface area (Å²) in [5.41, 5.74) is -1.98. The van der Waals surface area contributed by atoms with Gasteiger partial charge in [-0.15, -0.1) is 0 Å². The predicted molar refractivity (Wildman–Crippen MR) is 135 cm³/mol. The summed E-state index contributed by atoms with van der Waals surface area (Å²) in [6.45, 7) is 4.00. The van der Waals surface area contributed by atoms with Gasteiger partial charge in [0.15, 0.2) is 0 Å². The Hall–Kier alpha value is -2.90. The van der Waals surface area contributed by atoms with E-state index in [2.05, 4.69) is 4.74 Å². The van der Waals surface area contributed by atoms with Crippen LogP contribution in [0.3, 0.4) is 0 Å². The number of carbonyl (C=O) groups excluding carboxylic acids is 5. The van der Waals surface area contributed by atoms with Crippen molar-refractivity contribution in [2.24, 2.45) is 5.41 Å². The minimum Gasteiger partial charge on any atom is -0.463 e. The standard InChI is InChI=1S/C7H6N2O4.C6H10O2.2C6H6.2CH3.2V/c1-8-3(10)7(4(8)11)5(12)9(2)6(7)13;1-3-5-6(7)8-4-2;2*1-2-4-6-5-3-1;;;;/h1-2H3;3,5H,4H2,1-2H3;2*1-6H;2*1H3;;/q;;;;2*-1;;. The van der Waals surface area contributed by atoms with Crippen LogP contribution >= 0.6 is 0 Å². The van der Waals surface area contributed by atoms with Crippen LogP contribution in [0, 0.1) is 20.3 Å². The van der Waals surface area contributed by atoms with Gasteiger partial charge in [0.1, 0.15) is 0 Å². The first-order valence-corrected chi connectivity index (χ1v) is 10.2. The first-order valence-electron chi connectivity index (χ1n) is 10.2. The van der Waals surface area contributed by atoms with Crippen molar-refractivity contribution >= 4 is 29.6 Å². The minimum absolute atomic E-state index is 0. The predicted octanol–water partition coefficient (Wildman–Crippen LogP) is 3.36. The molecule has 2 aromatic rings. The van der Waals surface area contributed by atoms with Crippen molar-refractivity contribution < 1.29 is 65.8 Å². The molecule has 0 N–H and O–H groups in total. The van der Waals surface area contributed by atoms with Gasteiger partial charge in [-0.05, 0) is 13.8 Å². The molecule has 4 rings (SSSR count). The average molecular weight is 584 g/mol. The summed E-state index contributed by atoms with van der Waals surface area (Å²) in [7, 11) is 2.49. The van der Waals surface area contributed by atoms with E-state index in [0.29, 0.717) is 6.61 Å². The number of imide groups is 2. The van der Waals surface area contributed by atoms with Crippen LogP contribution in [0.2, 0.25) is 0 Å². The van der Waals surface area contributed by atoms with Crippen LogP contribution in [0.15, 0.2) is 84.9 Å². The number of benzene rings is 2. The third-order valence-corrected chi connectivity index (χ3v) is 4.42. The molecule has 1 spiro atoms. The molecule has 0 aromatic heterocycles. The van der Waals surface area contributed by atoms with Gasteiger partial charge in [-0.3, -0.25) is 29.0 Å². The summed E-state index contributed by atoms with van der Waals surface area (Å²) in [4.78, 5) is 56.6. The van der Waals surface area contributed by atoms with E-state index >= 15 is 0 Å². The number of rotatable bonds is 2. The number of likely N-dealkylation sites (tertiary alicyclic amines) is 2. The molecule has 8 nitrogen and oxygen atoms in total. The molecule has 2 aliphatic heterocycles. The molecule has 2 radical (unpaired) electrons. The SMILES string of the molecule is CC=CC(=O)OCC.CN1C(=O)C2(C1=O)C(=O)N(C)C2=O.[CH3-].[CH3-].[V].[V].c1ccccc1.c1ccccc1. The van der Waals surface area contributed by atoms with Gasteiger partial charge >= 0.3 is 5.97 Å². The summed E-state index contributed by atoms with van der Waals surface area (Å²) in [5.74, 6) is -3.14. The molecule has 2 fully saturated rings. The van der Waals surface area contributed by atoms with Crippen LogP contribution in [0.1, 0.15) is 13.8 Å². The van der Waals surface area contributed by atoms with Gasteiger partial charge in [-0.1, -0.05) is 78.9 Å². The Balaban J connectivity index is -0.000000200. The maximum Gasteiger partial charge on any atom is 0.330 e. The molecule has 10 heteroatoms. The van der Waals surface area contributed by atoms with Crippen LogP contribution in [-0.4, -0.2) is 60.1 Å². The zero-order valence-corrected chi connectivity index (χ0v) is 24.8. The Labute approximate surface area is 244 Å². The molecule has 0 atom stereocenters. The molecule has 2 heterocycles. The summed E-state index contributed by atoms with van der Waals surface area (Å²) in [6, 6.07) is 24.0. The minimum atomic E-state index is -1.98. The van der Waals surface area contributed by atoms with Crippen molar-refractivity contribution in [2.45, 2.75) is 13.8 Å². The first kappa shape index (κ1) is 41.2. The smallest absolute Gasteiger partial charge is 0.330 e. The largest absolute Gasteiger partial charge is 0.463 e. The fourth-order valence-corrected chi connectivity index (χ4v) is 2.73. The molecular weight excluding hydrogens is 550 g/mol. The molecule has 2 aromatic carbocycles. The maximum absolute atomic E-state index is 11.2. The van der Waals surface area contributed by atoms with Gasteiger partial charge < -0.3 is 19.6 Å². The average Bonchev–Trinajstić information content (AvgIpc) is 2.87. The fraction of sp³-hybridized carbons (Fsp3) is 0.222. The van der Waals surface area contributed by atoms with Gasteiger partial charge in [0, 0.05) is 57.3 Å². The van der Waals surface area contributed by atoms with Gasteiger partial charge in [0.05, 0.1) is 6.61 Å². The maximum atomic E-state index is 11.2. The molecule has 0 unspecified atom stereocenters. The molecule has 0 aliphatic carbocycles. The monoisotopic (exact) mass is 584 g/mol. The van der Waals surface area contributed by atoms with Gasteiger partial charge in [-0.2, -0.15) is 0 Å². The normalized spacial score (nSPS) is 13.5. The third kappa shape index (κ3) is 10.5. The third-order valence-electron chi connectivity index (χ3n) is 4.42. The number of esters is 1. The number of β-lactam (4-membered cyclic amide) rings is 4. The Morgan fingerprint density at radius 3 is 1.14 bits per heavy atom. The second kappa shape index (κ2) is 21.2. The first-order chi connectivity index (χ1) is 15.8. The zero-order valence-electron chi connectivity index (χ0n) is 22.0. The van der Waals surface area contributed by atoms with Gasteiger partial charge in [0.2, 0.25) is 0 Å². The summed E-state index contributed by atoms with van der Waals surface area (Å²) in [6.07, 6.45) is 3.04. The molecule has 37 heavy (non-hydrogen) atoms. The Morgan fingerprint density at radius 1 is 0.703 bits per heavy atom. The van der Waals surface area contributed by atoms with Crippen molar-refractivity contribution in [2.75, 3.05) is 20.7 Å². The Bertz CT molecular complexity index is 828. The van der Waals surface area contributed by atoms with Crippen molar-refractivity contribution in [3.8, 4) is 0 Å². The molecule has 4 amide bonds. The molecule has 0 saturated carbocycles. The number of hydrogen-bond donors (Lipinski definition) is 0. The van der Waals surface area contributed by atoms with E-state index in [4.69, 9.17) is 0 Å². The number of hydrogen-bond acceptors (Lipinski definition) is 6. The fourth-order valence-electron chi connectivity index (χ4n) is 2.73. The van der Waals surface area contributed by atoms with E-state index in [1.807, 2.05) is 72.8 Å². The summed E-state index contributed by atoms with van der Waals surface area (Å²) >= 11 is 0. The second-order valence-corrected chi connectivity index (χ2v) is 6.65. The van der Waals surface area contributed by atoms with E-state index in [1.165, 1.54) is 20.2 Å². The van der Waals surface area contributed by atoms with Gasteiger partial charge in [-0.25, -0.2) is 4.79 Å². The number of carbonyl (C=O) groups is 5. The summed E-state index contributed by atoms with van der Waals surface area (Å²) in [5, 5.41) is 0. The quantitative estimate of drug-likeness (QED) is 0.177. The van der Waals surface area contributed by atoms with E-state index in [1.54, 1.807) is 19.9 Å². The number of nitrogens with zero attached hydrogens (tertiary/aromatic N) is 2. The summed E-state index contributed by atoms with van der Waals surface area (Å²) < 4.78 is 4.56. The van der Waals surface area contributed by atoms with Crippen LogP contribution in [0.4, 0.5) is 0 Å². The molecule has 2 aliphatic rings. The van der Waals surface area contributed by atoms with Crippen LogP contribution in [0.25, 0.3) is 0 Å². The number of amides is 4. The van der Waals surface area contributed by atoms with Crippen molar-refractivity contribution in [1.82, 2.24) is 9.80 Å².